The molecule has 4 nitrogen and oxygen atoms in total. The van der Waals surface area contributed by atoms with E-state index in [2.05, 4.69) is 32.5 Å². The molecular formula is C19H22N2O2S2. The molecule has 0 aliphatic carbocycles. The Morgan fingerprint density at radius 1 is 1.16 bits per heavy atom. The number of rotatable bonds is 8. The van der Waals surface area contributed by atoms with Gasteiger partial charge in [-0.3, -0.25) is 0 Å². The number of hydrogen-bond donors (Lipinski definition) is 1. The summed E-state index contributed by atoms with van der Waals surface area (Å²) in [5.74, 6) is 1.63. The number of benzene rings is 1. The molecule has 3 rings (SSSR count). The molecule has 0 saturated carbocycles. The van der Waals surface area contributed by atoms with Gasteiger partial charge in [-0.1, -0.05) is 6.07 Å². The molecule has 3 aromatic rings. The van der Waals surface area contributed by atoms with Gasteiger partial charge in [0.1, 0.15) is 16.5 Å². The van der Waals surface area contributed by atoms with Crippen LogP contribution in [0.5, 0.6) is 11.5 Å². The largest absolute Gasteiger partial charge is 0.497 e. The summed E-state index contributed by atoms with van der Waals surface area (Å²) in [7, 11) is 3.35. The summed E-state index contributed by atoms with van der Waals surface area (Å²) in [5, 5.41) is 11.2. The molecule has 0 amide bonds. The summed E-state index contributed by atoms with van der Waals surface area (Å²) in [4.78, 5) is 4.68. The molecule has 1 aromatic carbocycles. The van der Waals surface area contributed by atoms with Gasteiger partial charge in [0.2, 0.25) is 0 Å². The first-order valence-electron chi connectivity index (χ1n) is 8.07. The van der Waals surface area contributed by atoms with Crippen LogP contribution in [0.15, 0.2) is 40.4 Å². The van der Waals surface area contributed by atoms with Gasteiger partial charge in [-0.25, -0.2) is 4.98 Å². The number of methoxy groups -OCH3 is 2. The van der Waals surface area contributed by atoms with Crippen LogP contribution in [0.1, 0.15) is 27.9 Å². The lowest BCUT2D eigenvalue weighted by molar-refractivity contribution is 0.388. The van der Waals surface area contributed by atoms with E-state index in [-0.39, 0.29) is 6.04 Å². The van der Waals surface area contributed by atoms with Crippen LogP contribution in [0, 0.1) is 6.92 Å². The minimum atomic E-state index is 0.181. The van der Waals surface area contributed by atoms with Crippen LogP contribution in [0.2, 0.25) is 0 Å². The molecule has 0 aliphatic rings. The summed E-state index contributed by atoms with van der Waals surface area (Å²) < 4.78 is 10.8. The van der Waals surface area contributed by atoms with Gasteiger partial charge in [-0.2, -0.15) is 11.3 Å². The van der Waals surface area contributed by atoms with E-state index in [1.165, 1.54) is 5.56 Å². The van der Waals surface area contributed by atoms with Crippen LogP contribution < -0.4 is 14.8 Å². The first-order chi connectivity index (χ1) is 12.2. The zero-order chi connectivity index (χ0) is 17.6. The van der Waals surface area contributed by atoms with E-state index in [0.29, 0.717) is 6.54 Å². The van der Waals surface area contributed by atoms with E-state index < -0.39 is 0 Å². The molecule has 1 N–H and O–H groups in total. The highest BCUT2D eigenvalue weighted by Crippen LogP contribution is 2.27. The normalized spacial score (nSPS) is 12.1. The molecule has 0 spiro atoms. The molecule has 1 unspecified atom stereocenters. The average Bonchev–Trinajstić information content (AvgIpc) is 3.30. The summed E-state index contributed by atoms with van der Waals surface area (Å²) >= 11 is 3.44. The number of thiophene rings is 1. The van der Waals surface area contributed by atoms with Gasteiger partial charge in [0.15, 0.2) is 0 Å². The smallest absolute Gasteiger partial charge is 0.127 e. The Balaban J connectivity index is 1.76. The van der Waals surface area contributed by atoms with Crippen molar-refractivity contribution in [2.24, 2.45) is 0 Å². The predicted octanol–water partition coefficient (Wildman–Crippen LogP) is 4.60. The third-order valence-electron chi connectivity index (χ3n) is 3.99. The SMILES string of the molecule is COc1ccc(CNC(Cc2ccsc2)c2nc(C)cs2)c(OC)c1. The summed E-state index contributed by atoms with van der Waals surface area (Å²) in [5.41, 5.74) is 3.50. The van der Waals surface area contributed by atoms with Gasteiger partial charge >= 0.3 is 0 Å². The number of nitrogens with zero attached hydrogens (tertiary/aromatic N) is 1. The zero-order valence-corrected chi connectivity index (χ0v) is 16.2. The maximum absolute atomic E-state index is 5.50. The third kappa shape index (κ3) is 4.60. The third-order valence-corrected chi connectivity index (χ3v) is 5.80. The molecule has 132 valence electrons. The maximum atomic E-state index is 5.50. The first kappa shape index (κ1) is 17.9. The van der Waals surface area contributed by atoms with E-state index in [4.69, 9.17) is 9.47 Å². The van der Waals surface area contributed by atoms with Crippen LogP contribution in [0.3, 0.4) is 0 Å². The Labute approximate surface area is 156 Å². The predicted molar refractivity (Wildman–Crippen MR) is 104 cm³/mol. The number of ether oxygens (including phenoxy) is 2. The van der Waals surface area contributed by atoms with Gasteiger partial charge in [-0.15, -0.1) is 11.3 Å². The Hall–Kier alpha value is -1.89. The van der Waals surface area contributed by atoms with Gasteiger partial charge in [0, 0.05) is 29.2 Å². The lowest BCUT2D eigenvalue weighted by Gasteiger charge is -2.18. The van der Waals surface area contributed by atoms with E-state index in [0.717, 1.165) is 34.2 Å². The lowest BCUT2D eigenvalue weighted by Crippen LogP contribution is -2.23. The summed E-state index contributed by atoms with van der Waals surface area (Å²) in [6.45, 7) is 2.74. The maximum Gasteiger partial charge on any atom is 0.127 e. The Morgan fingerprint density at radius 2 is 2.04 bits per heavy atom. The number of hydrogen-bond acceptors (Lipinski definition) is 6. The van der Waals surface area contributed by atoms with Crippen molar-refractivity contribution in [2.75, 3.05) is 14.2 Å². The van der Waals surface area contributed by atoms with Gasteiger partial charge in [-0.05, 0) is 41.8 Å². The molecule has 2 heterocycles. The minimum absolute atomic E-state index is 0.181. The highest BCUT2D eigenvalue weighted by molar-refractivity contribution is 7.09. The van der Waals surface area contributed by atoms with Crippen molar-refractivity contribution in [3.05, 3.63) is 62.2 Å². The highest BCUT2D eigenvalue weighted by Gasteiger charge is 2.17. The monoisotopic (exact) mass is 374 g/mol. The molecule has 0 radical (unpaired) electrons. The van der Waals surface area contributed by atoms with E-state index in [9.17, 15) is 0 Å². The van der Waals surface area contributed by atoms with E-state index >= 15 is 0 Å². The van der Waals surface area contributed by atoms with Crippen LogP contribution in [0.25, 0.3) is 0 Å². The number of thiazole rings is 1. The summed E-state index contributed by atoms with van der Waals surface area (Å²) in [6.07, 6.45) is 0.926. The Bertz CT molecular complexity index is 800. The topological polar surface area (TPSA) is 43.4 Å². The molecule has 0 saturated heterocycles. The van der Waals surface area contributed by atoms with Crippen molar-refractivity contribution in [1.82, 2.24) is 10.3 Å². The second kappa shape index (κ2) is 8.47. The first-order valence-corrected chi connectivity index (χ1v) is 9.89. The van der Waals surface area contributed by atoms with Crippen molar-refractivity contribution in [2.45, 2.75) is 25.9 Å². The fourth-order valence-corrected chi connectivity index (χ4v) is 4.21. The Kier molecular flexibility index (Phi) is 6.07. The summed E-state index contributed by atoms with van der Waals surface area (Å²) in [6, 6.07) is 8.27. The van der Waals surface area contributed by atoms with Crippen molar-refractivity contribution in [3.8, 4) is 11.5 Å². The standard InChI is InChI=1S/C19H22N2O2S2/c1-13-11-25-19(21-13)17(8-14-6-7-24-12-14)20-10-15-4-5-16(22-2)9-18(15)23-3/h4-7,9,11-12,17,20H,8,10H2,1-3H3. The second-order valence-electron chi connectivity index (χ2n) is 5.77. The van der Waals surface area contributed by atoms with Gasteiger partial charge in [0.25, 0.3) is 0 Å². The van der Waals surface area contributed by atoms with Gasteiger partial charge in [0.05, 0.1) is 20.3 Å². The molecule has 0 fully saturated rings. The number of aryl methyl sites for hydroxylation is 1. The zero-order valence-electron chi connectivity index (χ0n) is 14.6. The van der Waals surface area contributed by atoms with Crippen LogP contribution >= 0.6 is 22.7 Å². The molecule has 1 atom stereocenters. The van der Waals surface area contributed by atoms with Crippen LogP contribution in [-0.2, 0) is 13.0 Å². The van der Waals surface area contributed by atoms with Crippen LogP contribution in [0.4, 0.5) is 0 Å². The van der Waals surface area contributed by atoms with E-state index in [1.807, 2.05) is 25.1 Å². The molecule has 6 heteroatoms. The molecule has 2 aromatic heterocycles. The highest BCUT2D eigenvalue weighted by atomic mass is 32.1. The van der Waals surface area contributed by atoms with Crippen LogP contribution in [-0.4, -0.2) is 19.2 Å². The van der Waals surface area contributed by atoms with Crippen molar-refractivity contribution in [1.29, 1.82) is 0 Å². The quantitative estimate of drug-likeness (QED) is 0.626. The molecule has 0 bridgehead atoms. The van der Waals surface area contributed by atoms with Crippen molar-refractivity contribution in [3.63, 3.8) is 0 Å². The van der Waals surface area contributed by atoms with E-state index in [1.54, 1.807) is 36.9 Å². The fraction of sp³-hybridized carbons (Fsp3) is 0.316. The van der Waals surface area contributed by atoms with Crippen molar-refractivity contribution >= 4 is 22.7 Å². The number of nitrogens with one attached hydrogen (secondary N) is 1. The molecular weight excluding hydrogens is 352 g/mol. The minimum Gasteiger partial charge on any atom is -0.497 e. The second-order valence-corrected chi connectivity index (χ2v) is 7.44. The van der Waals surface area contributed by atoms with Crippen molar-refractivity contribution < 1.29 is 9.47 Å². The average molecular weight is 375 g/mol. The molecule has 25 heavy (non-hydrogen) atoms. The lowest BCUT2D eigenvalue weighted by atomic mass is 10.1. The van der Waals surface area contributed by atoms with Gasteiger partial charge < -0.3 is 14.8 Å². The number of aromatic nitrogens is 1. The Morgan fingerprint density at radius 3 is 2.68 bits per heavy atom. The fourth-order valence-electron chi connectivity index (χ4n) is 2.65. The molecule has 0 aliphatic heterocycles.